The van der Waals surface area contributed by atoms with Crippen molar-refractivity contribution in [2.24, 2.45) is 4.99 Å². The zero-order valence-electron chi connectivity index (χ0n) is 24.1. The van der Waals surface area contributed by atoms with Gasteiger partial charge in [-0.05, 0) is 67.1 Å². The van der Waals surface area contributed by atoms with E-state index in [0.29, 0.717) is 23.0 Å². The summed E-state index contributed by atoms with van der Waals surface area (Å²) in [5, 5.41) is 6.23. The van der Waals surface area contributed by atoms with Crippen molar-refractivity contribution >= 4 is 51.8 Å². The highest BCUT2D eigenvalue weighted by Crippen LogP contribution is 2.39. The molecule has 1 N–H and O–H groups in total. The van der Waals surface area contributed by atoms with Gasteiger partial charge < -0.3 is 14.8 Å². The van der Waals surface area contributed by atoms with E-state index in [-0.39, 0.29) is 33.7 Å². The summed E-state index contributed by atoms with van der Waals surface area (Å²) in [7, 11) is 0. The maximum atomic E-state index is 15.1. The Morgan fingerprint density at radius 2 is 1.79 bits per heavy atom. The first kappa shape index (κ1) is 34.5. The molecule has 3 amide bonds. The number of anilines is 2. The molecule has 1 atom stereocenters. The number of hydrogen-bond acceptors (Lipinski definition) is 7. The monoisotopic (exact) mass is 716 g/mol. The molecule has 1 fully saturated rings. The maximum Gasteiger partial charge on any atom is 0.573 e. The number of nitrogens with one attached hydrogen (secondary N) is 1. The number of aliphatic imine (C=N–C) groups is 1. The number of carbonyl (C=O) groups excluding carboxylic acids is 2. The van der Waals surface area contributed by atoms with Crippen molar-refractivity contribution in [2.75, 3.05) is 16.8 Å². The van der Waals surface area contributed by atoms with Gasteiger partial charge in [-0.15, -0.1) is 18.3 Å². The fraction of sp³-hybridized carbons (Fsp3) is 0.207. The van der Waals surface area contributed by atoms with Gasteiger partial charge in [-0.25, -0.2) is 18.9 Å². The van der Waals surface area contributed by atoms with E-state index in [0.717, 1.165) is 23.1 Å². The predicted octanol–water partition coefficient (Wildman–Crippen LogP) is 7.84. The Labute approximate surface area is 275 Å². The van der Waals surface area contributed by atoms with Gasteiger partial charge in [-0.1, -0.05) is 29.4 Å². The van der Waals surface area contributed by atoms with Crippen LogP contribution in [0.2, 0.25) is 0 Å². The minimum atomic E-state index is -4.85. The fourth-order valence-corrected chi connectivity index (χ4v) is 5.35. The zero-order chi connectivity index (χ0) is 34.8. The SMILES string of the molecule is Cc1ccc(OCCC(F)(F)F)c(N2C(=O)C(Cl)SC2=NC(=O)Nc2ccc(-c3ncn(-c4ccc(OC(F)(F)F)cc4)n3)cc2F)c1. The van der Waals surface area contributed by atoms with Gasteiger partial charge in [0.2, 0.25) is 0 Å². The first-order valence-electron chi connectivity index (χ1n) is 13.5. The van der Waals surface area contributed by atoms with Gasteiger partial charge in [-0.2, -0.15) is 18.2 Å². The highest BCUT2D eigenvalue weighted by molar-refractivity contribution is 8.17. The predicted molar refractivity (Wildman–Crippen MR) is 162 cm³/mol. The van der Waals surface area contributed by atoms with Gasteiger partial charge in [-0.3, -0.25) is 9.69 Å². The lowest BCUT2D eigenvalue weighted by Crippen LogP contribution is -2.32. The van der Waals surface area contributed by atoms with Crippen molar-refractivity contribution < 1.29 is 49.8 Å². The average molecular weight is 717 g/mol. The van der Waals surface area contributed by atoms with Crippen LogP contribution in [0.15, 0.2) is 72.0 Å². The Kier molecular flexibility index (Phi) is 9.86. The molecule has 48 heavy (non-hydrogen) atoms. The second-order valence-corrected chi connectivity index (χ2v) is 11.6. The highest BCUT2D eigenvalue weighted by atomic mass is 35.5. The van der Waals surface area contributed by atoms with Crippen LogP contribution in [-0.4, -0.2) is 55.7 Å². The number of amides is 3. The number of urea groups is 1. The molecule has 0 bridgehead atoms. The van der Waals surface area contributed by atoms with Crippen LogP contribution in [0, 0.1) is 12.7 Å². The van der Waals surface area contributed by atoms with E-state index in [1.807, 2.05) is 0 Å². The van der Waals surface area contributed by atoms with E-state index < -0.39 is 53.8 Å². The number of benzene rings is 3. The van der Waals surface area contributed by atoms with Gasteiger partial charge in [0.05, 0.1) is 30.1 Å². The summed E-state index contributed by atoms with van der Waals surface area (Å²) in [6.45, 7) is 0.935. The van der Waals surface area contributed by atoms with Crippen LogP contribution in [0.1, 0.15) is 12.0 Å². The lowest BCUT2D eigenvalue weighted by atomic mass is 10.2. The van der Waals surface area contributed by atoms with E-state index in [9.17, 15) is 35.9 Å². The van der Waals surface area contributed by atoms with Crippen molar-refractivity contribution in [1.29, 1.82) is 0 Å². The van der Waals surface area contributed by atoms with Crippen LogP contribution in [0.5, 0.6) is 11.5 Å². The molecular weight excluding hydrogens is 697 g/mol. The Hall–Kier alpha value is -4.84. The van der Waals surface area contributed by atoms with E-state index in [4.69, 9.17) is 16.3 Å². The molecule has 2 heterocycles. The number of rotatable bonds is 8. The third-order valence-corrected chi connectivity index (χ3v) is 7.65. The number of aromatic nitrogens is 3. The summed E-state index contributed by atoms with van der Waals surface area (Å²) in [6, 6.07) is 11.7. The van der Waals surface area contributed by atoms with E-state index in [1.54, 1.807) is 13.0 Å². The number of ether oxygens (including phenoxy) is 2. The second kappa shape index (κ2) is 13.7. The van der Waals surface area contributed by atoms with Crippen molar-refractivity contribution in [1.82, 2.24) is 14.8 Å². The van der Waals surface area contributed by atoms with Crippen LogP contribution in [-0.2, 0) is 4.79 Å². The number of nitrogens with zero attached hydrogens (tertiary/aromatic N) is 5. The summed E-state index contributed by atoms with van der Waals surface area (Å²) in [6.07, 6.45) is -9.31. The molecule has 1 saturated heterocycles. The van der Waals surface area contributed by atoms with E-state index in [2.05, 4.69) is 25.1 Å². The molecule has 19 heteroatoms. The summed E-state index contributed by atoms with van der Waals surface area (Å²) >= 11 is 6.81. The molecule has 0 spiro atoms. The van der Waals surface area contributed by atoms with Crippen LogP contribution < -0.4 is 19.7 Å². The third-order valence-electron chi connectivity index (χ3n) is 6.31. The lowest BCUT2D eigenvalue weighted by Gasteiger charge is -2.21. The van der Waals surface area contributed by atoms with Crippen LogP contribution in [0.3, 0.4) is 0 Å². The molecule has 252 valence electrons. The van der Waals surface area contributed by atoms with Crippen LogP contribution in [0.25, 0.3) is 17.1 Å². The summed E-state index contributed by atoms with van der Waals surface area (Å²) in [4.78, 5) is 34.7. The standard InChI is InChI=1S/C29H20ClF7N6O4S/c1-15-2-9-22(46-11-10-28(32,33)34)21(12-15)43-25(44)23(30)48-27(43)40-26(45)39-20-8-3-16(13-19(20)31)24-38-14-42(41-24)17-4-6-18(7-5-17)47-29(35,36)37/h2-9,12-14,23H,10-11H2,1H3,(H,39,45). The second-order valence-electron chi connectivity index (χ2n) is 9.87. The average Bonchev–Trinajstić information content (AvgIpc) is 3.58. The lowest BCUT2D eigenvalue weighted by molar-refractivity contribution is -0.274. The first-order valence-corrected chi connectivity index (χ1v) is 14.8. The number of aryl methyl sites for hydroxylation is 1. The smallest absolute Gasteiger partial charge is 0.491 e. The highest BCUT2D eigenvalue weighted by Gasteiger charge is 2.40. The third kappa shape index (κ3) is 8.54. The Morgan fingerprint density at radius 1 is 1.06 bits per heavy atom. The van der Waals surface area contributed by atoms with Crippen molar-refractivity contribution in [3.63, 3.8) is 0 Å². The van der Waals surface area contributed by atoms with Gasteiger partial charge >= 0.3 is 18.6 Å². The van der Waals surface area contributed by atoms with Crippen molar-refractivity contribution in [3.8, 4) is 28.6 Å². The molecule has 1 aliphatic heterocycles. The topological polar surface area (TPSA) is 111 Å². The number of hydrogen-bond donors (Lipinski definition) is 1. The van der Waals surface area contributed by atoms with Crippen LogP contribution in [0.4, 0.5) is 46.9 Å². The molecule has 5 rings (SSSR count). The molecule has 1 aliphatic rings. The Bertz CT molecular complexity index is 1870. The number of alkyl halides is 7. The van der Waals surface area contributed by atoms with Gasteiger partial charge in [0, 0.05) is 5.56 Å². The molecule has 1 aromatic heterocycles. The molecule has 0 radical (unpaired) electrons. The molecule has 1 unspecified atom stereocenters. The number of thioether (sulfide) groups is 1. The minimum absolute atomic E-state index is 0.0115. The quantitative estimate of drug-likeness (QED) is 0.146. The fourth-order valence-electron chi connectivity index (χ4n) is 4.20. The molecule has 3 aromatic carbocycles. The maximum absolute atomic E-state index is 15.1. The van der Waals surface area contributed by atoms with Gasteiger partial charge in [0.25, 0.3) is 5.91 Å². The molecule has 4 aromatic rings. The van der Waals surface area contributed by atoms with Gasteiger partial charge in [0.1, 0.15) is 23.6 Å². The summed E-state index contributed by atoms with van der Waals surface area (Å²) < 4.78 is 99.5. The normalized spacial score (nSPS) is 16.0. The first-order chi connectivity index (χ1) is 22.6. The van der Waals surface area contributed by atoms with Crippen molar-refractivity contribution in [3.05, 3.63) is 78.4 Å². The van der Waals surface area contributed by atoms with E-state index in [1.165, 1.54) is 47.4 Å². The molecular formula is C29H20ClF7N6O4S. The molecule has 0 aliphatic carbocycles. The number of halogens is 8. The largest absolute Gasteiger partial charge is 0.573 e. The van der Waals surface area contributed by atoms with Crippen LogP contribution >= 0.6 is 23.4 Å². The zero-order valence-corrected chi connectivity index (χ0v) is 25.7. The summed E-state index contributed by atoms with van der Waals surface area (Å²) in [5.41, 5.74) is 0.857. The summed E-state index contributed by atoms with van der Waals surface area (Å²) in [5.74, 6) is -2.10. The molecule has 10 nitrogen and oxygen atoms in total. The number of amidine groups is 1. The Balaban J connectivity index is 1.31. The number of carbonyl (C=O) groups is 2. The van der Waals surface area contributed by atoms with Crippen molar-refractivity contribution in [2.45, 2.75) is 30.6 Å². The minimum Gasteiger partial charge on any atom is -0.491 e. The Morgan fingerprint density at radius 3 is 2.46 bits per heavy atom. The van der Waals surface area contributed by atoms with E-state index >= 15 is 4.39 Å². The molecule has 0 saturated carbocycles. The van der Waals surface area contributed by atoms with Gasteiger partial charge in [0.15, 0.2) is 15.7 Å².